The van der Waals surface area contributed by atoms with Crippen LogP contribution in [0.4, 0.5) is 0 Å². The zero-order valence-corrected chi connectivity index (χ0v) is 17.4. The van der Waals surface area contributed by atoms with Gasteiger partial charge in [-0.25, -0.2) is 9.98 Å². The van der Waals surface area contributed by atoms with E-state index in [0.717, 1.165) is 19.4 Å². The number of aromatic nitrogens is 2. The molecule has 0 bridgehead atoms. The van der Waals surface area contributed by atoms with Crippen molar-refractivity contribution in [1.82, 2.24) is 19.8 Å². The van der Waals surface area contributed by atoms with Crippen LogP contribution in [0.25, 0.3) is 11.0 Å². The number of hydrogen-bond donors (Lipinski definition) is 1. The third-order valence-corrected chi connectivity index (χ3v) is 6.35. The maximum Gasteiger partial charge on any atom is 0.261 e. The second kappa shape index (κ2) is 7.42. The van der Waals surface area contributed by atoms with Crippen molar-refractivity contribution < 1.29 is 19.1 Å². The minimum atomic E-state index is -0.775. The van der Waals surface area contributed by atoms with Crippen LogP contribution >= 0.6 is 0 Å². The van der Waals surface area contributed by atoms with Crippen molar-refractivity contribution in [2.75, 3.05) is 26.7 Å². The lowest BCUT2D eigenvalue weighted by Gasteiger charge is -2.23. The number of H-pyrrole nitrogens is 1. The molecule has 3 aliphatic rings. The molecule has 160 valence electrons. The summed E-state index contributed by atoms with van der Waals surface area (Å²) in [6, 6.07) is 3.75. The van der Waals surface area contributed by atoms with Gasteiger partial charge in [-0.1, -0.05) is 0 Å². The van der Waals surface area contributed by atoms with Gasteiger partial charge in [0.05, 0.1) is 29.3 Å². The van der Waals surface area contributed by atoms with Crippen LogP contribution in [0.5, 0.6) is 0 Å². The highest BCUT2D eigenvalue weighted by molar-refractivity contribution is 6.23. The van der Waals surface area contributed by atoms with Gasteiger partial charge in [-0.3, -0.25) is 24.2 Å². The fourth-order valence-electron chi connectivity index (χ4n) is 4.61. The molecular formula is C22H23N5O4. The molecule has 1 aromatic carbocycles. The number of nitrogens with one attached hydrogen (secondary N) is 1. The van der Waals surface area contributed by atoms with Crippen molar-refractivity contribution in [3.05, 3.63) is 41.4 Å². The monoisotopic (exact) mass is 421 g/mol. The van der Waals surface area contributed by atoms with Crippen LogP contribution in [0.15, 0.2) is 29.4 Å². The van der Waals surface area contributed by atoms with Crippen LogP contribution < -0.4 is 0 Å². The Hall–Kier alpha value is -3.33. The van der Waals surface area contributed by atoms with Crippen LogP contribution in [0, 0.1) is 0 Å². The van der Waals surface area contributed by atoms with E-state index in [1.54, 1.807) is 12.1 Å². The summed E-state index contributed by atoms with van der Waals surface area (Å²) in [5.74, 6) is -0.952. The molecule has 9 nitrogen and oxygen atoms in total. The number of carbonyl (C=O) groups is 3. The van der Waals surface area contributed by atoms with E-state index in [2.05, 4.69) is 26.8 Å². The molecular weight excluding hydrogens is 398 g/mol. The third kappa shape index (κ3) is 3.16. The largest absolute Gasteiger partial charge is 0.483 e. The molecule has 3 aliphatic heterocycles. The predicted octanol–water partition coefficient (Wildman–Crippen LogP) is 1.87. The number of imide groups is 1. The first kappa shape index (κ1) is 19.6. The Labute approximate surface area is 178 Å². The molecule has 1 aromatic heterocycles. The van der Waals surface area contributed by atoms with E-state index >= 15 is 0 Å². The molecule has 1 unspecified atom stereocenters. The van der Waals surface area contributed by atoms with Crippen LogP contribution in [-0.4, -0.2) is 76.0 Å². The third-order valence-electron chi connectivity index (χ3n) is 6.35. The average Bonchev–Trinajstić information content (AvgIpc) is 3.42. The Kier molecular flexibility index (Phi) is 4.70. The smallest absolute Gasteiger partial charge is 0.261 e. The number of ether oxygens (including phenoxy) is 1. The number of allylic oxidation sites excluding steroid dienone is 1. The lowest BCUT2D eigenvalue weighted by Crippen LogP contribution is -2.39. The second-order valence-electron chi connectivity index (χ2n) is 8.15. The SMILES string of the molecule is COC1=NC=CC(=O)C1c1nc2cc3c(cc2[nH]1)C(=O)N(CCN1CCC[C@@H]1C)C3=O. The van der Waals surface area contributed by atoms with E-state index in [-0.39, 0.29) is 23.5 Å². The van der Waals surface area contributed by atoms with Gasteiger partial charge in [0, 0.05) is 31.4 Å². The van der Waals surface area contributed by atoms with E-state index in [1.807, 2.05) is 0 Å². The first-order valence-electron chi connectivity index (χ1n) is 10.4. The number of likely N-dealkylation sites (tertiary alicyclic amines) is 1. The van der Waals surface area contributed by atoms with Crippen LogP contribution in [0.2, 0.25) is 0 Å². The van der Waals surface area contributed by atoms with Crippen molar-refractivity contribution in [3.63, 3.8) is 0 Å². The lowest BCUT2D eigenvalue weighted by atomic mass is 10.0. The number of aromatic amines is 1. The number of rotatable bonds is 4. The number of fused-ring (bicyclic) bond motifs is 2. The molecule has 5 rings (SSSR count). The van der Waals surface area contributed by atoms with E-state index in [4.69, 9.17) is 4.74 Å². The van der Waals surface area contributed by atoms with Gasteiger partial charge in [0.15, 0.2) is 11.7 Å². The lowest BCUT2D eigenvalue weighted by molar-refractivity contribution is -0.115. The molecule has 4 heterocycles. The molecule has 2 aromatic rings. The summed E-state index contributed by atoms with van der Waals surface area (Å²) >= 11 is 0. The van der Waals surface area contributed by atoms with E-state index < -0.39 is 5.92 Å². The quantitative estimate of drug-likeness (QED) is 0.755. The van der Waals surface area contributed by atoms with Crippen molar-refractivity contribution in [2.24, 2.45) is 4.99 Å². The number of nitrogens with zero attached hydrogens (tertiary/aromatic N) is 4. The van der Waals surface area contributed by atoms with Crippen molar-refractivity contribution in [1.29, 1.82) is 0 Å². The first-order valence-corrected chi connectivity index (χ1v) is 10.4. The van der Waals surface area contributed by atoms with Gasteiger partial charge in [-0.05, 0) is 38.4 Å². The average molecular weight is 421 g/mol. The summed E-state index contributed by atoms with van der Waals surface area (Å²) in [4.78, 5) is 53.6. The Morgan fingerprint density at radius 3 is 2.65 bits per heavy atom. The van der Waals surface area contributed by atoms with E-state index in [9.17, 15) is 14.4 Å². The Balaban J connectivity index is 1.42. The minimum Gasteiger partial charge on any atom is -0.483 e. The number of ketones is 1. The van der Waals surface area contributed by atoms with Crippen LogP contribution in [0.1, 0.15) is 52.2 Å². The number of methoxy groups -OCH3 is 1. The van der Waals surface area contributed by atoms with Gasteiger partial charge >= 0.3 is 0 Å². The molecule has 9 heteroatoms. The highest BCUT2D eigenvalue weighted by atomic mass is 16.5. The molecule has 31 heavy (non-hydrogen) atoms. The molecule has 1 saturated heterocycles. The number of amides is 2. The molecule has 2 atom stereocenters. The molecule has 0 aliphatic carbocycles. The molecule has 2 amide bonds. The number of aliphatic imine (C=N–C) groups is 1. The van der Waals surface area contributed by atoms with Gasteiger partial charge in [0.25, 0.3) is 11.8 Å². The maximum absolute atomic E-state index is 12.9. The summed E-state index contributed by atoms with van der Waals surface area (Å²) < 4.78 is 5.23. The fraction of sp³-hybridized carbons (Fsp3) is 0.409. The summed E-state index contributed by atoms with van der Waals surface area (Å²) in [6.45, 7) is 4.23. The molecule has 0 spiro atoms. The van der Waals surface area contributed by atoms with Crippen LogP contribution in [-0.2, 0) is 9.53 Å². The number of imidazole rings is 1. The summed E-state index contributed by atoms with van der Waals surface area (Å²) in [7, 11) is 1.45. The molecule has 0 radical (unpaired) electrons. The van der Waals surface area contributed by atoms with E-state index in [0.29, 0.717) is 47.1 Å². The minimum absolute atomic E-state index is 0.201. The van der Waals surface area contributed by atoms with Crippen molar-refractivity contribution in [3.8, 4) is 0 Å². The Bertz CT molecular complexity index is 1110. The second-order valence-corrected chi connectivity index (χ2v) is 8.15. The van der Waals surface area contributed by atoms with Gasteiger partial charge in [-0.2, -0.15) is 0 Å². The normalized spacial score (nSPS) is 23.7. The van der Waals surface area contributed by atoms with Gasteiger partial charge in [0.1, 0.15) is 5.82 Å². The Morgan fingerprint density at radius 1 is 1.16 bits per heavy atom. The number of benzene rings is 1. The topological polar surface area (TPSA) is 108 Å². The zero-order valence-electron chi connectivity index (χ0n) is 17.4. The first-order chi connectivity index (χ1) is 15.0. The molecule has 1 N–H and O–H groups in total. The summed E-state index contributed by atoms with van der Waals surface area (Å²) in [5, 5.41) is 0. The fourth-order valence-corrected chi connectivity index (χ4v) is 4.61. The molecule has 0 saturated carbocycles. The summed E-state index contributed by atoms with van der Waals surface area (Å²) in [5.41, 5.74) is 1.81. The van der Waals surface area contributed by atoms with Crippen LogP contribution in [0.3, 0.4) is 0 Å². The zero-order chi connectivity index (χ0) is 21.7. The van der Waals surface area contributed by atoms with Gasteiger partial charge in [0.2, 0.25) is 5.90 Å². The number of hydrogen-bond acceptors (Lipinski definition) is 7. The predicted molar refractivity (Wildman–Crippen MR) is 113 cm³/mol. The summed E-state index contributed by atoms with van der Waals surface area (Å²) in [6.07, 6.45) is 5.06. The van der Waals surface area contributed by atoms with Gasteiger partial charge < -0.3 is 9.72 Å². The molecule has 1 fully saturated rings. The van der Waals surface area contributed by atoms with Crippen molar-refractivity contribution >= 4 is 34.5 Å². The maximum atomic E-state index is 12.9. The highest BCUT2D eigenvalue weighted by Gasteiger charge is 2.37. The number of carbonyl (C=O) groups excluding carboxylic acids is 3. The van der Waals surface area contributed by atoms with Gasteiger partial charge in [-0.15, -0.1) is 0 Å². The standard InChI is InChI=1S/C22H23N5O4/c1-12-4-3-7-26(12)8-9-27-21(29)13-10-15-16(11-14(13)22(27)30)25-19(24-15)18-17(28)5-6-23-20(18)31-2/h5-6,10-12,18H,3-4,7-9H2,1-2H3,(H,24,25)/t12-,18?/m0/s1. The van der Waals surface area contributed by atoms with E-state index in [1.165, 1.54) is 24.3 Å². The van der Waals surface area contributed by atoms with Crippen molar-refractivity contribution in [2.45, 2.75) is 31.7 Å². The highest BCUT2D eigenvalue weighted by Crippen LogP contribution is 2.30. The Morgan fingerprint density at radius 2 is 1.94 bits per heavy atom.